The van der Waals surface area contributed by atoms with Gasteiger partial charge in [0, 0.05) is 12.6 Å². The number of alkyl halides is 2. The summed E-state index contributed by atoms with van der Waals surface area (Å²) < 4.78 is 0. The Labute approximate surface area is 78.7 Å². The molecule has 0 aromatic carbocycles. The molecule has 1 nitrogen and oxygen atoms in total. The summed E-state index contributed by atoms with van der Waals surface area (Å²) in [6, 6.07) is 0.670. The zero-order valence-corrected chi connectivity index (χ0v) is 8.41. The van der Waals surface area contributed by atoms with Crippen LogP contribution in [0.15, 0.2) is 0 Å². The third kappa shape index (κ3) is 3.18. The number of hydrogen-bond acceptors (Lipinski definition) is 1. The van der Waals surface area contributed by atoms with Crippen LogP contribution in [0.1, 0.15) is 26.2 Å². The van der Waals surface area contributed by atoms with Crippen LogP contribution >= 0.6 is 23.2 Å². The average molecular weight is 196 g/mol. The zero-order valence-electron chi connectivity index (χ0n) is 6.89. The van der Waals surface area contributed by atoms with Crippen molar-refractivity contribution in [2.24, 2.45) is 0 Å². The van der Waals surface area contributed by atoms with Gasteiger partial charge in [0.2, 0.25) is 0 Å². The normalized spacial score (nSPS) is 27.8. The third-order valence-electron chi connectivity index (χ3n) is 2.31. The van der Waals surface area contributed by atoms with E-state index in [-0.39, 0.29) is 4.84 Å². The first kappa shape index (κ1) is 9.63. The highest BCUT2D eigenvalue weighted by atomic mass is 35.5. The largest absolute Gasteiger partial charge is 0.298 e. The van der Waals surface area contributed by atoms with E-state index in [1.807, 2.05) is 0 Å². The van der Waals surface area contributed by atoms with Crippen LogP contribution in [0.4, 0.5) is 0 Å². The number of rotatable bonds is 2. The molecule has 66 valence electrons. The van der Waals surface area contributed by atoms with Crippen molar-refractivity contribution in [1.82, 2.24) is 4.90 Å². The van der Waals surface area contributed by atoms with Gasteiger partial charge in [-0.15, -0.1) is 23.2 Å². The lowest BCUT2D eigenvalue weighted by atomic mass is 10.0. The molecule has 0 N–H and O–H groups in total. The molecular weight excluding hydrogens is 181 g/mol. The van der Waals surface area contributed by atoms with Gasteiger partial charge in [-0.1, -0.05) is 6.42 Å². The van der Waals surface area contributed by atoms with E-state index < -0.39 is 0 Å². The van der Waals surface area contributed by atoms with Crippen molar-refractivity contribution in [2.45, 2.75) is 37.1 Å². The second-order valence-electron chi connectivity index (χ2n) is 3.23. The Hall–Kier alpha value is 0.540. The summed E-state index contributed by atoms with van der Waals surface area (Å²) in [7, 11) is 0. The Morgan fingerprint density at radius 3 is 2.73 bits per heavy atom. The molecule has 0 unspecified atom stereocenters. The summed E-state index contributed by atoms with van der Waals surface area (Å²) in [6.07, 6.45) is 3.94. The summed E-state index contributed by atoms with van der Waals surface area (Å²) in [5.41, 5.74) is 0. The van der Waals surface area contributed by atoms with Gasteiger partial charge in [0.15, 0.2) is 0 Å². The summed E-state index contributed by atoms with van der Waals surface area (Å²) in [6.45, 7) is 4.23. The molecule has 0 aliphatic carbocycles. The fourth-order valence-electron chi connectivity index (χ4n) is 1.61. The van der Waals surface area contributed by atoms with Crippen LogP contribution in [0, 0.1) is 0 Å². The number of piperidine rings is 1. The van der Waals surface area contributed by atoms with Crippen molar-refractivity contribution in [3.05, 3.63) is 0 Å². The van der Waals surface area contributed by atoms with E-state index in [9.17, 15) is 0 Å². The van der Waals surface area contributed by atoms with Gasteiger partial charge in [-0.3, -0.25) is 4.90 Å². The third-order valence-corrected chi connectivity index (χ3v) is 2.59. The molecule has 0 aromatic heterocycles. The molecule has 1 atom stereocenters. The molecular formula is C8H15Cl2N. The molecule has 1 rings (SSSR count). The molecule has 0 aromatic rings. The summed E-state index contributed by atoms with van der Waals surface area (Å²) >= 11 is 11.4. The van der Waals surface area contributed by atoms with Crippen LogP contribution < -0.4 is 0 Å². The highest BCUT2D eigenvalue weighted by Gasteiger charge is 2.19. The van der Waals surface area contributed by atoms with Gasteiger partial charge in [-0.2, -0.15) is 0 Å². The van der Waals surface area contributed by atoms with Crippen LogP contribution in [-0.2, 0) is 0 Å². The van der Waals surface area contributed by atoms with Crippen molar-refractivity contribution in [1.29, 1.82) is 0 Å². The number of hydrogen-bond donors (Lipinski definition) is 0. The Kier molecular flexibility index (Phi) is 3.97. The van der Waals surface area contributed by atoms with Crippen molar-refractivity contribution < 1.29 is 0 Å². The highest BCUT2D eigenvalue weighted by Crippen LogP contribution is 2.18. The fraction of sp³-hybridized carbons (Fsp3) is 1.00. The molecule has 0 radical (unpaired) electrons. The molecule has 0 amide bonds. The van der Waals surface area contributed by atoms with Gasteiger partial charge >= 0.3 is 0 Å². The van der Waals surface area contributed by atoms with Crippen LogP contribution in [0.25, 0.3) is 0 Å². The lowest BCUT2D eigenvalue weighted by Crippen LogP contribution is -2.39. The van der Waals surface area contributed by atoms with E-state index in [0.29, 0.717) is 6.04 Å². The van der Waals surface area contributed by atoms with E-state index in [2.05, 4.69) is 11.8 Å². The van der Waals surface area contributed by atoms with Crippen molar-refractivity contribution >= 4 is 23.2 Å². The van der Waals surface area contributed by atoms with Crippen molar-refractivity contribution in [2.75, 3.05) is 13.1 Å². The SMILES string of the molecule is C[C@H]1CCCCN1CC(Cl)Cl. The minimum absolute atomic E-state index is 0.226. The van der Waals surface area contributed by atoms with Crippen molar-refractivity contribution in [3.8, 4) is 0 Å². The number of nitrogens with zero attached hydrogens (tertiary/aromatic N) is 1. The fourth-order valence-corrected chi connectivity index (χ4v) is 1.96. The van der Waals surface area contributed by atoms with E-state index in [4.69, 9.17) is 23.2 Å². The standard InChI is InChI=1S/C8H15Cl2N/c1-7-4-2-3-5-11(7)6-8(9)10/h7-8H,2-6H2,1H3/t7-/m0/s1. The minimum Gasteiger partial charge on any atom is -0.298 e. The van der Waals surface area contributed by atoms with Crippen LogP contribution in [0.2, 0.25) is 0 Å². The van der Waals surface area contributed by atoms with Crippen molar-refractivity contribution in [3.63, 3.8) is 0 Å². The second kappa shape index (κ2) is 4.54. The molecule has 0 saturated carbocycles. The smallest absolute Gasteiger partial charge is 0.120 e. The Balaban J connectivity index is 2.29. The van der Waals surface area contributed by atoms with E-state index in [1.165, 1.54) is 19.3 Å². The van der Waals surface area contributed by atoms with Gasteiger partial charge in [0.1, 0.15) is 4.84 Å². The maximum atomic E-state index is 5.70. The maximum absolute atomic E-state index is 5.70. The van der Waals surface area contributed by atoms with Crippen LogP contribution in [-0.4, -0.2) is 28.9 Å². The summed E-state index contributed by atoms with van der Waals surface area (Å²) in [5, 5.41) is 0. The Morgan fingerprint density at radius 1 is 1.45 bits per heavy atom. The van der Waals surface area contributed by atoms with Gasteiger partial charge in [0.25, 0.3) is 0 Å². The molecule has 1 heterocycles. The van der Waals surface area contributed by atoms with Gasteiger partial charge in [-0.25, -0.2) is 0 Å². The van der Waals surface area contributed by atoms with E-state index >= 15 is 0 Å². The van der Waals surface area contributed by atoms with Gasteiger partial charge in [-0.05, 0) is 26.3 Å². The molecule has 3 heteroatoms. The predicted molar refractivity (Wildman–Crippen MR) is 50.4 cm³/mol. The van der Waals surface area contributed by atoms with Crippen LogP contribution in [0.3, 0.4) is 0 Å². The minimum atomic E-state index is -0.226. The molecule has 1 aliphatic rings. The van der Waals surface area contributed by atoms with Crippen LogP contribution in [0.5, 0.6) is 0 Å². The lowest BCUT2D eigenvalue weighted by Gasteiger charge is -2.33. The summed E-state index contributed by atoms with van der Waals surface area (Å²) in [4.78, 5) is 2.14. The molecule has 11 heavy (non-hydrogen) atoms. The number of likely N-dealkylation sites (tertiary alicyclic amines) is 1. The second-order valence-corrected chi connectivity index (χ2v) is 4.51. The van der Waals surface area contributed by atoms with E-state index in [0.717, 1.165) is 13.1 Å². The van der Waals surface area contributed by atoms with Gasteiger partial charge in [0.05, 0.1) is 0 Å². The monoisotopic (exact) mass is 195 g/mol. The topological polar surface area (TPSA) is 3.24 Å². The summed E-state index contributed by atoms with van der Waals surface area (Å²) in [5.74, 6) is 0. The first-order valence-electron chi connectivity index (χ1n) is 4.22. The lowest BCUT2D eigenvalue weighted by molar-refractivity contribution is 0.167. The Morgan fingerprint density at radius 2 is 2.18 bits per heavy atom. The Bertz CT molecular complexity index is 117. The first-order valence-corrected chi connectivity index (χ1v) is 5.09. The zero-order chi connectivity index (χ0) is 8.27. The average Bonchev–Trinajstić information content (AvgIpc) is 1.93. The molecule has 1 aliphatic heterocycles. The quantitative estimate of drug-likeness (QED) is 0.613. The molecule has 1 saturated heterocycles. The molecule has 0 bridgehead atoms. The maximum Gasteiger partial charge on any atom is 0.120 e. The highest BCUT2D eigenvalue weighted by molar-refractivity contribution is 6.44. The van der Waals surface area contributed by atoms with Gasteiger partial charge < -0.3 is 0 Å². The predicted octanol–water partition coefficient (Wildman–Crippen LogP) is 2.66. The van der Waals surface area contributed by atoms with E-state index in [1.54, 1.807) is 0 Å². The molecule has 1 fully saturated rings. The first-order chi connectivity index (χ1) is 5.20. The number of halogens is 2. The molecule has 0 spiro atoms.